The molecule has 136 valence electrons. The molecule has 1 aromatic heterocycles. The van der Waals surface area contributed by atoms with Gasteiger partial charge in [-0.3, -0.25) is 4.99 Å². The van der Waals surface area contributed by atoms with Crippen molar-refractivity contribution in [3.05, 3.63) is 42.4 Å². The average molecular weight is 348 g/mol. The van der Waals surface area contributed by atoms with Gasteiger partial charge in [-0.05, 0) is 55.9 Å². The third kappa shape index (κ3) is 3.02. The average Bonchev–Trinajstić information content (AvgIpc) is 3.40. The summed E-state index contributed by atoms with van der Waals surface area (Å²) in [5, 5.41) is 1.28. The van der Waals surface area contributed by atoms with E-state index in [2.05, 4.69) is 50.1 Å². The lowest BCUT2D eigenvalue weighted by molar-refractivity contribution is 0.188. The molecule has 0 saturated heterocycles. The summed E-state index contributed by atoms with van der Waals surface area (Å²) in [7, 11) is 0. The lowest BCUT2D eigenvalue weighted by Gasteiger charge is -2.42. The Morgan fingerprint density at radius 1 is 1.08 bits per heavy atom. The number of anilines is 1. The summed E-state index contributed by atoms with van der Waals surface area (Å²) < 4.78 is 0. The molecule has 0 amide bonds. The summed E-state index contributed by atoms with van der Waals surface area (Å²) in [6, 6.07) is 9.41. The predicted octanol–water partition coefficient (Wildman–Crippen LogP) is 4.90. The van der Waals surface area contributed by atoms with Crippen LogP contribution in [0, 0.1) is 5.92 Å². The van der Waals surface area contributed by atoms with Gasteiger partial charge in [0.05, 0.1) is 5.69 Å². The monoisotopic (exact) mass is 348 g/mol. The first-order valence-corrected chi connectivity index (χ1v) is 10.2. The number of hydrogen-bond acceptors (Lipinski definition) is 3. The summed E-state index contributed by atoms with van der Waals surface area (Å²) in [4.78, 5) is 13.1. The highest BCUT2D eigenvalue weighted by molar-refractivity contribution is 5.94. The molecule has 1 aromatic carbocycles. The van der Waals surface area contributed by atoms with Crippen LogP contribution in [0.3, 0.4) is 0 Å². The van der Waals surface area contributed by atoms with E-state index in [0.29, 0.717) is 12.7 Å². The molecular formula is C22H28N4. The van der Waals surface area contributed by atoms with Crippen molar-refractivity contribution in [2.24, 2.45) is 10.9 Å². The molecule has 4 nitrogen and oxygen atoms in total. The number of allylic oxidation sites excluding steroid dienone is 1. The van der Waals surface area contributed by atoms with Crippen molar-refractivity contribution >= 4 is 22.8 Å². The molecule has 26 heavy (non-hydrogen) atoms. The van der Waals surface area contributed by atoms with Gasteiger partial charge in [0.1, 0.15) is 12.5 Å². The Balaban J connectivity index is 1.51. The first kappa shape index (κ1) is 16.0. The molecule has 0 atom stereocenters. The largest absolute Gasteiger partial charge is 0.361 e. The van der Waals surface area contributed by atoms with Crippen LogP contribution in [0.1, 0.15) is 44.9 Å². The molecule has 0 radical (unpaired) electrons. The van der Waals surface area contributed by atoms with Crippen LogP contribution in [-0.4, -0.2) is 35.4 Å². The molecule has 4 heteroatoms. The zero-order valence-electron chi connectivity index (χ0n) is 15.4. The molecule has 2 aliphatic carbocycles. The van der Waals surface area contributed by atoms with Gasteiger partial charge >= 0.3 is 0 Å². The van der Waals surface area contributed by atoms with Gasteiger partial charge in [0.2, 0.25) is 0 Å². The van der Waals surface area contributed by atoms with Crippen LogP contribution in [0.25, 0.3) is 10.9 Å². The number of rotatable bonds is 5. The van der Waals surface area contributed by atoms with Crippen molar-refractivity contribution in [2.45, 2.75) is 51.0 Å². The number of aromatic nitrogens is 1. The molecule has 0 unspecified atom stereocenters. The zero-order chi connectivity index (χ0) is 17.3. The van der Waals surface area contributed by atoms with Crippen LogP contribution in [-0.2, 0) is 0 Å². The van der Waals surface area contributed by atoms with E-state index in [9.17, 15) is 0 Å². The maximum absolute atomic E-state index is 4.59. The number of hydrogen-bond donors (Lipinski definition) is 1. The normalized spacial score (nSPS) is 21.2. The molecule has 2 aromatic rings. The van der Waals surface area contributed by atoms with Crippen molar-refractivity contribution < 1.29 is 0 Å². The van der Waals surface area contributed by atoms with E-state index >= 15 is 0 Å². The van der Waals surface area contributed by atoms with Crippen LogP contribution in [0.2, 0.25) is 0 Å². The fourth-order valence-corrected chi connectivity index (χ4v) is 4.57. The molecule has 2 fully saturated rings. The summed E-state index contributed by atoms with van der Waals surface area (Å²) in [5.41, 5.74) is 2.46. The molecular weight excluding hydrogens is 320 g/mol. The SMILES string of the molecule is C1=NCN(c2cccc3[nH]ccc23)C(N(CC2CC2)C2CCCCC2)=C1. The number of H-pyrrole nitrogens is 1. The fraction of sp³-hybridized carbons (Fsp3) is 0.500. The number of benzene rings is 1. The van der Waals surface area contributed by atoms with Crippen LogP contribution in [0.5, 0.6) is 0 Å². The van der Waals surface area contributed by atoms with Gasteiger partial charge in [-0.2, -0.15) is 0 Å². The van der Waals surface area contributed by atoms with Gasteiger partial charge in [0, 0.05) is 35.9 Å². The highest BCUT2D eigenvalue weighted by Gasteiger charge is 2.33. The smallest absolute Gasteiger partial charge is 0.116 e. The second-order valence-electron chi connectivity index (χ2n) is 8.03. The number of fused-ring (bicyclic) bond motifs is 1. The van der Waals surface area contributed by atoms with E-state index in [0.717, 1.165) is 5.92 Å². The molecule has 2 saturated carbocycles. The zero-order valence-corrected chi connectivity index (χ0v) is 15.4. The molecule has 5 rings (SSSR count). The summed E-state index contributed by atoms with van der Waals surface area (Å²) in [6.45, 7) is 1.92. The quantitative estimate of drug-likeness (QED) is 0.834. The first-order valence-electron chi connectivity index (χ1n) is 10.2. The maximum atomic E-state index is 4.59. The highest BCUT2D eigenvalue weighted by atomic mass is 15.4. The lowest BCUT2D eigenvalue weighted by Crippen LogP contribution is -2.45. The van der Waals surface area contributed by atoms with E-state index in [4.69, 9.17) is 0 Å². The maximum Gasteiger partial charge on any atom is 0.116 e. The molecule has 1 N–H and O–H groups in total. The van der Waals surface area contributed by atoms with E-state index in [1.807, 2.05) is 12.4 Å². The third-order valence-corrected chi connectivity index (χ3v) is 6.15. The van der Waals surface area contributed by atoms with Crippen molar-refractivity contribution in [1.82, 2.24) is 9.88 Å². The van der Waals surface area contributed by atoms with Gasteiger partial charge in [0.25, 0.3) is 0 Å². The molecule has 0 bridgehead atoms. The summed E-state index contributed by atoms with van der Waals surface area (Å²) in [5.74, 6) is 2.24. The molecule has 0 spiro atoms. The summed E-state index contributed by atoms with van der Waals surface area (Å²) in [6.07, 6.45) is 15.9. The predicted molar refractivity (Wildman–Crippen MR) is 109 cm³/mol. The minimum atomic E-state index is 0.690. The second kappa shape index (κ2) is 6.82. The number of nitrogens with zero attached hydrogens (tertiary/aromatic N) is 3. The first-order chi connectivity index (χ1) is 12.9. The van der Waals surface area contributed by atoms with E-state index in [1.54, 1.807) is 0 Å². The Hall–Kier alpha value is -2.23. The van der Waals surface area contributed by atoms with Crippen molar-refractivity contribution in [2.75, 3.05) is 18.1 Å². The molecule has 2 heterocycles. The van der Waals surface area contributed by atoms with Crippen LogP contribution in [0.15, 0.2) is 47.4 Å². The lowest BCUT2D eigenvalue weighted by atomic mass is 9.93. The number of aliphatic imine (C=N–C) groups is 1. The molecule has 3 aliphatic rings. The van der Waals surface area contributed by atoms with Crippen LogP contribution >= 0.6 is 0 Å². The second-order valence-corrected chi connectivity index (χ2v) is 8.03. The van der Waals surface area contributed by atoms with Crippen LogP contribution in [0.4, 0.5) is 5.69 Å². The van der Waals surface area contributed by atoms with Gasteiger partial charge in [-0.25, -0.2) is 0 Å². The van der Waals surface area contributed by atoms with Gasteiger partial charge in [-0.1, -0.05) is 25.3 Å². The van der Waals surface area contributed by atoms with Gasteiger partial charge in [-0.15, -0.1) is 0 Å². The molecule has 1 aliphatic heterocycles. The van der Waals surface area contributed by atoms with E-state index in [-0.39, 0.29) is 0 Å². The minimum absolute atomic E-state index is 0.690. The van der Waals surface area contributed by atoms with Gasteiger partial charge < -0.3 is 14.8 Å². The topological polar surface area (TPSA) is 34.6 Å². The Bertz CT molecular complexity index is 824. The number of aromatic amines is 1. The minimum Gasteiger partial charge on any atom is -0.361 e. The highest BCUT2D eigenvalue weighted by Crippen LogP contribution is 2.37. The Morgan fingerprint density at radius 2 is 1.96 bits per heavy atom. The van der Waals surface area contributed by atoms with E-state index in [1.165, 1.54) is 73.9 Å². The van der Waals surface area contributed by atoms with Crippen molar-refractivity contribution in [1.29, 1.82) is 0 Å². The van der Waals surface area contributed by atoms with Crippen LogP contribution < -0.4 is 4.90 Å². The Morgan fingerprint density at radius 3 is 2.81 bits per heavy atom. The Labute approximate surface area is 155 Å². The van der Waals surface area contributed by atoms with Crippen molar-refractivity contribution in [3.63, 3.8) is 0 Å². The van der Waals surface area contributed by atoms with Crippen molar-refractivity contribution in [3.8, 4) is 0 Å². The fourth-order valence-electron chi connectivity index (χ4n) is 4.57. The summed E-state index contributed by atoms with van der Waals surface area (Å²) >= 11 is 0. The van der Waals surface area contributed by atoms with Gasteiger partial charge in [0.15, 0.2) is 0 Å². The standard InChI is InChI=1S/C22H28N4/c1-2-5-18(6-3-1)25(15-17-9-10-17)22-12-13-23-16-26(22)21-8-4-7-20-19(21)11-14-24-20/h4,7-8,11-14,17-18,24H,1-3,5-6,9-10,15-16H2. The third-order valence-electron chi connectivity index (χ3n) is 6.15. The number of nitrogens with one attached hydrogen (secondary N) is 1. The van der Waals surface area contributed by atoms with E-state index < -0.39 is 0 Å². The Kier molecular flexibility index (Phi) is 4.19.